The van der Waals surface area contributed by atoms with Crippen LogP contribution in [0.15, 0.2) is 132 Å². The van der Waals surface area contributed by atoms with E-state index in [0.29, 0.717) is 0 Å². The van der Waals surface area contributed by atoms with Gasteiger partial charge in [0.15, 0.2) is 5.75 Å². The highest BCUT2D eigenvalue weighted by Crippen LogP contribution is 2.70. The molecule has 0 saturated carbocycles. The van der Waals surface area contributed by atoms with E-state index in [0.717, 1.165) is 23.6 Å². The molecule has 6 aromatic carbocycles. The molecule has 0 spiro atoms. The molecule has 0 aliphatic carbocycles. The summed E-state index contributed by atoms with van der Waals surface area (Å²) in [5.74, 6) is 1.84. The van der Waals surface area contributed by atoms with Gasteiger partial charge in [-0.1, -0.05) is 91.0 Å². The van der Waals surface area contributed by atoms with E-state index in [9.17, 15) is 0 Å². The van der Waals surface area contributed by atoms with Gasteiger partial charge >= 0.3 is 0 Å². The summed E-state index contributed by atoms with van der Waals surface area (Å²) in [6.45, 7) is 4.36. The van der Waals surface area contributed by atoms with Crippen LogP contribution in [0, 0.1) is 13.8 Å². The fourth-order valence-corrected chi connectivity index (χ4v) is 9.18. The van der Waals surface area contributed by atoms with Crippen molar-refractivity contribution in [1.29, 1.82) is 0 Å². The van der Waals surface area contributed by atoms with Crippen LogP contribution in [0.3, 0.4) is 0 Å². The molecule has 39 heavy (non-hydrogen) atoms. The van der Waals surface area contributed by atoms with E-state index in [1.807, 2.05) is 0 Å². The van der Waals surface area contributed by atoms with E-state index in [1.54, 1.807) is 0 Å². The van der Waals surface area contributed by atoms with Crippen LogP contribution in [-0.4, -0.2) is 5.75 Å². The molecular formula is C36H31NOS. The summed E-state index contributed by atoms with van der Waals surface area (Å²) >= 11 is 0. The van der Waals surface area contributed by atoms with Crippen LogP contribution < -0.4 is 8.49 Å². The van der Waals surface area contributed by atoms with Crippen LogP contribution in [0.4, 0.5) is 11.4 Å². The van der Waals surface area contributed by atoms with Crippen molar-refractivity contribution >= 4 is 43.4 Å². The minimum atomic E-state index is -1.94. The Morgan fingerprint density at radius 2 is 1.21 bits per heavy atom. The smallest absolute Gasteiger partial charge is 0.162 e. The quantitative estimate of drug-likeness (QED) is 0.222. The van der Waals surface area contributed by atoms with Crippen molar-refractivity contribution in [1.82, 2.24) is 0 Å². The molecule has 3 heteroatoms. The Hall–Kier alpha value is -4.21. The zero-order valence-electron chi connectivity index (χ0n) is 22.3. The molecule has 0 aromatic heterocycles. The summed E-state index contributed by atoms with van der Waals surface area (Å²) in [4.78, 5) is 1.25. The highest BCUT2D eigenvalue weighted by Gasteiger charge is 2.44. The first kappa shape index (κ1) is 23.9. The Morgan fingerprint density at radius 3 is 1.95 bits per heavy atom. The second kappa shape index (κ2) is 9.52. The maximum atomic E-state index is 7.19. The van der Waals surface area contributed by atoms with Crippen molar-refractivity contribution in [2.45, 2.75) is 25.2 Å². The second-order valence-corrected chi connectivity index (χ2v) is 13.2. The lowest BCUT2D eigenvalue weighted by molar-refractivity contribution is 0.633. The van der Waals surface area contributed by atoms with Gasteiger partial charge in [-0.3, -0.25) is 4.31 Å². The van der Waals surface area contributed by atoms with Gasteiger partial charge in [0, 0.05) is 21.1 Å². The van der Waals surface area contributed by atoms with Gasteiger partial charge in [0.1, 0.15) is 0 Å². The molecule has 0 radical (unpaired) electrons. The number of hydrogen-bond acceptors (Lipinski definition) is 2. The summed E-state index contributed by atoms with van der Waals surface area (Å²) in [6.07, 6.45) is 0.919. The summed E-state index contributed by atoms with van der Waals surface area (Å²) < 4.78 is 9.72. The van der Waals surface area contributed by atoms with E-state index in [1.165, 1.54) is 48.8 Å². The average molecular weight is 526 g/mol. The largest absolute Gasteiger partial charge is 0.424 e. The first-order chi connectivity index (χ1) is 19.1. The average Bonchev–Trinajstić information content (AvgIpc) is 3.30. The van der Waals surface area contributed by atoms with E-state index >= 15 is 0 Å². The van der Waals surface area contributed by atoms with Gasteiger partial charge in [0.25, 0.3) is 0 Å². The molecule has 0 N–H and O–H groups in total. The first-order valence-corrected chi connectivity index (χ1v) is 15.2. The zero-order chi connectivity index (χ0) is 26.4. The molecule has 192 valence electrons. The first-order valence-electron chi connectivity index (χ1n) is 13.5. The van der Waals surface area contributed by atoms with E-state index in [4.69, 9.17) is 4.18 Å². The standard InChI is InChI=1S/C36H31NOS/c1-26-21-27(2)23-33(22-26)37-35-13-7-8-14-36(35)38-39(37,34-18-17-30-10-4-6-12-32(30)25-34)20-19-28-15-16-29-9-3-5-11-31(29)24-28/h3-18,21-25H,19-20H2,1-2H3. The van der Waals surface area contributed by atoms with Crippen molar-refractivity contribution in [2.24, 2.45) is 0 Å². The van der Waals surface area contributed by atoms with Crippen molar-refractivity contribution in [2.75, 3.05) is 10.1 Å². The number of fused-ring (bicyclic) bond motifs is 3. The molecular weight excluding hydrogens is 494 g/mol. The molecule has 1 aliphatic rings. The molecule has 2 nitrogen and oxygen atoms in total. The maximum Gasteiger partial charge on any atom is 0.162 e. The highest BCUT2D eigenvalue weighted by atomic mass is 32.3. The Bertz CT molecular complexity index is 1820. The van der Waals surface area contributed by atoms with Crippen molar-refractivity contribution in [3.63, 3.8) is 0 Å². The predicted molar refractivity (Wildman–Crippen MR) is 167 cm³/mol. The molecule has 0 amide bonds. The molecule has 0 bridgehead atoms. The lowest BCUT2D eigenvalue weighted by Gasteiger charge is -2.43. The predicted octanol–water partition coefficient (Wildman–Crippen LogP) is 10.1. The number of anilines is 2. The molecule has 6 aromatic rings. The van der Waals surface area contributed by atoms with Crippen LogP contribution in [-0.2, 0) is 6.42 Å². The molecule has 0 saturated heterocycles. The molecule has 7 rings (SSSR count). The van der Waals surface area contributed by atoms with Gasteiger partial charge in [-0.25, -0.2) is 0 Å². The number of benzene rings is 6. The number of rotatable bonds is 5. The van der Waals surface area contributed by atoms with Gasteiger partial charge in [-0.05, 0) is 94.9 Å². The van der Waals surface area contributed by atoms with Crippen molar-refractivity contribution in [3.8, 4) is 5.75 Å². The molecule has 1 aliphatic heterocycles. The van der Waals surface area contributed by atoms with Crippen LogP contribution in [0.2, 0.25) is 0 Å². The topological polar surface area (TPSA) is 12.5 Å². The summed E-state index contributed by atoms with van der Waals surface area (Å²) in [5.41, 5.74) is 6.19. The Morgan fingerprint density at radius 1 is 0.590 bits per heavy atom. The van der Waals surface area contributed by atoms with Gasteiger partial charge in [-0.2, -0.15) is 0 Å². The van der Waals surface area contributed by atoms with Gasteiger partial charge in [0.05, 0.1) is 11.4 Å². The fourth-order valence-electron chi connectivity index (χ4n) is 5.84. The highest BCUT2D eigenvalue weighted by molar-refractivity contribution is 8.31. The van der Waals surface area contributed by atoms with Crippen molar-refractivity contribution in [3.05, 3.63) is 144 Å². The van der Waals surface area contributed by atoms with Crippen LogP contribution in [0.5, 0.6) is 5.75 Å². The Balaban J connectivity index is 1.41. The van der Waals surface area contributed by atoms with Gasteiger partial charge in [-0.15, -0.1) is 0 Å². The normalized spacial score (nSPS) is 18.1. The number of nitrogens with zero attached hydrogens (tertiary/aromatic N) is 1. The number of para-hydroxylation sites is 2. The van der Waals surface area contributed by atoms with E-state index < -0.39 is 10.5 Å². The second-order valence-electron chi connectivity index (χ2n) is 10.5. The lowest BCUT2D eigenvalue weighted by Crippen LogP contribution is -2.26. The molecule has 0 fully saturated rings. The minimum Gasteiger partial charge on any atom is -0.424 e. The maximum absolute atomic E-state index is 7.19. The summed E-state index contributed by atoms with van der Waals surface area (Å²) in [6, 6.07) is 46.4. The molecule has 1 unspecified atom stereocenters. The summed E-state index contributed by atoms with van der Waals surface area (Å²) in [5, 5.41) is 5.05. The van der Waals surface area contributed by atoms with E-state index in [-0.39, 0.29) is 0 Å². The monoisotopic (exact) mass is 525 g/mol. The van der Waals surface area contributed by atoms with Crippen LogP contribution in [0.1, 0.15) is 16.7 Å². The van der Waals surface area contributed by atoms with Crippen molar-refractivity contribution < 1.29 is 4.18 Å². The number of hydrogen-bond donors (Lipinski definition) is 0. The Kier molecular flexibility index (Phi) is 5.82. The zero-order valence-corrected chi connectivity index (χ0v) is 23.1. The number of aryl methyl sites for hydroxylation is 3. The van der Waals surface area contributed by atoms with Crippen LogP contribution >= 0.6 is 10.5 Å². The molecule has 1 atom stereocenters. The third-order valence-corrected chi connectivity index (χ3v) is 10.8. The van der Waals surface area contributed by atoms with Gasteiger partial charge < -0.3 is 4.18 Å². The fraction of sp³-hybridized carbons (Fsp3) is 0.111. The third-order valence-electron chi connectivity index (χ3n) is 7.62. The SMILES string of the molecule is Cc1cc(C)cc(N2c3ccccc3OS2(CCc2ccc3ccccc3c2)c2ccc3ccccc3c2)c1. The Labute approximate surface area is 232 Å². The van der Waals surface area contributed by atoms with Crippen LogP contribution in [0.25, 0.3) is 21.5 Å². The third kappa shape index (κ3) is 4.24. The minimum absolute atomic E-state index is 0.880. The van der Waals surface area contributed by atoms with E-state index in [2.05, 4.69) is 146 Å². The summed E-state index contributed by atoms with van der Waals surface area (Å²) in [7, 11) is -1.94. The lowest BCUT2D eigenvalue weighted by atomic mass is 10.1. The molecule has 1 heterocycles. The van der Waals surface area contributed by atoms with Gasteiger partial charge in [0.2, 0.25) is 0 Å².